The summed E-state index contributed by atoms with van der Waals surface area (Å²) in [6.07, 6.45) is 3.82. The molecule has 4 aromatic rings. The third kappa shape index (κ3) is 8.68. The normalized spacial score (nSPS) is 11.9. The topological polar surface area (TPSA) is 108 Å². The van der Waals surface area contributed by atoms with Crippen LogP contribution in [0, 0.1) is 0 Å². The lowest BCUT2D eigenvalue weighted by atomic mass is 10.2. The van der Waals surface area contributed by atoms with Crippen LogP contribution in [0.15, 0.2) is 120 Å². The van der Waals surface area contributed by atoms with Crippen LogP contribution in [-0.2, 0) is 4.74 Å². The number of hydrogen-bond acceptors (Lipinski definition) is 7. The van der Waals surface area contributed by atoms with Crippen LogP contribution in [0.2, 0.25) is 0 Å². The summed E-state index contributed by atoms with van der Waals surface area (Å²) >= 11 is 10.6. The molecule has 0 saturated carbocycles. The Hall–Kier alpha value is -4.15. The Bertz CT molecular complexity index is 1430. The largest absolute Gasteiger partial charge is 0.364 e. The quantitative estimate of drug-likeness (QED) is 0.0619. The van der Waals surface area contributed by atoms with Crippen molar-refractivity contribution in [1.82, 2.24) is 31.5 Å². The lowest BCUT2D eigenvalue weighted by molar-refractivity contribution is 0.185. The van der Waals surface area contributed by atoms with Crippen molar-refractivity contribution in [2.75, 3.05) is 26.5 Å². The van der Waals surface area contributed by atoms with Crippen LogP contribution < -0.4 is 37.4 Å². The van der Waals surface area contributed by atoms with E-state index in [2.05, 4.69) is 114 Å². The number of hydrazone groups is 2. The van der Waals surface area contributed by atoms with E-state index >= 15 is 0 Å². The molecule has 0 aliphatic carbocycles. The standard InChI is InChI=1S/C31H33N8OPS2/c1-24(28(37-38-30(42)32-2)29-33-19-12-20-34-29)36-39-31(43)35-21-22-40-23-41(25-13-6-3-7-14-25,26-15-8-4-9-16-26)27-17-10-5-11-18-27/h3-20H,21-23H2,1-2H3,(H3-,32,33,34,35,36,37,38,39,42,43)/p+1. The minimum Gasteiger partial charge on any atom is -0.364 e. The lowest BCUT2D eigenvalue weighted by Crippen LogP contribution is -2.37. The summed E-state index contributed by atoms with van der Waals surface area (Å²) in [6, 6.07) is 33.6. The van der Waals surface area contributed by atoms with Gasteiger partial charge in [-0.25, -0.2) is 9.97 Å². The molecular weight excluding hydrogens is 596 g/mol. The molecule has 1 aromatic heterocycles. The van der Waals surface area contributed by atoms with E-state index in [1.807, 2.05) is 18.2 Å². The molecule has 9 nitrogen and oxygen atoms in total. The second kappa shape index (κ2) is 16.5. The Morgan fingerprint density at radius 1 is 0.744 bits per heavy atom. The zero-order valence-electron chi connectivity index (χ0n) is 24.0. The number of rotatable bonds is 12. The van der Waals surface area contributed by atoms with E-state index in [9.17, 15) is 0 Å². The van der Waals surface area contributed by atoms with Crippen molar-refractivity contribution < 1.29 is 4.74 Å². The van der Waals surface area contributed by atoms with Gasteiger partial charge >= 0.3 is 0 Å². The maximum absolute atomic E-state index is 6.40. The summed E-state index contributed by atoms with van der Waals surface area (Å²) in [5.74, 6) is 0.395. The molecule has 0 aliphatic rings. The first-order chi connectivity index (χ1) is 21.0. The van der Waals surface area contributed by atoms with Crippen molar-refractivity contribution in [1.29, 1.82) is 0 Å². The van der Waals surface area contributed by atoms with E-state index in [1.165, 1.54) is 15.9 Å². The third-order valence-corrected chi connectivity index (χ3v) is 11.0. The van der Waals surface area contributed by atoms with E-state index < -0.39 is 7.26 Å². The maximum atomic E-state index is 6.40. The number of nitrogens with one attached hydrogen (secondary N) is 4. The van der Waals surface area contributed by atoms with Crippen molar-refractivity contribution in [3.63, 3.8) is 0 Å². The fourth-order valence-electron chi connectivity index (χ4n) is 4.26. The van der Waals surface area contributed by atoms with Crippen molar-refractivity contribution in [2.24, 2.45) is 10.2 Å². The minimum atomic E-state index is -2.06. The molecule has 0 fully saturated rings. The first-order valence-corrected chi connectivity index (χ1v) is 16.4. The highest BCUT2D eigenvalue weighted by molar-refractivity contribution is 7.95. The van der Waals surface area contributed by atoms with E-state index in [1.54, 1.807) is 32.4 Å². The van der Waals surface area contributed by atoms with E-state index in [-0.39, 0.29) is 0 Å². The molecule has 3 aromatic carbocycles. The fraction of sp³-hybridized carbons (Fsp3) is 0.161. The summed E-state index contributed by atoms with van der Waals surface area (Å²) in [5.41, 5.74) is 6.55. The van der Waals surface area contributed by atoms with Crippen molar-refractivity contribution in [3.05, 3.63) is 115 Å². The molecule has 0 aliphatic heterocycles. The molecule has 0 bridgehead atoms. The van der Waals surface area contributed by atoms with E-state index in [0.29, 0.717) is 47.0 Å². The lowest BCUT2D eigenvalue weighted by Gasteiger charge is -2.27. The summed E-state index contributed by atoms with van der Waals surface area (Å²) in [6.45, 7) is 2.73. The van der Waals surface area contributed by atoms with Crippen LogP contribution >= 0.6 is 31.7 Å². The van der Waals surface area contributed by atoms with Crippen molar-refractivity contribution in [3.8, 4) is 0 Å². The Kier molecular flexibility index (Phi) is 12.2. The SMILES string of the molecule is CNC(=S)NN=C(C(C)=NNC(=S)NCCOC[P+](c1ccccc1)(c1ccccc1)c1ccccc1)c1ncccn1. The third-order valence-electron chi connectivity index (χ3n) is 6.35. The van der Waals surface area contributed by atoms with Crippen LogP contribution in [0.1, 0.15) is 12.7 Å². The smallest absolute Gasteiger partial charge is 0.187 e. The number of nitrogens with zero attached hydrogens (tertiary/aromatic N) is 4. The van der Waals surface area contributed by atoms with Gasteiger partial charge in [0.2, 0.25) is 0 Å². The van der Waals surface area contributed by atoms with Crippen LogP contribution in [0.4, 0.5) is 0 Å². The van der Waals surface area contributed by atoms with Gasteiger partial charge in [-0.15, -0.1) is 0 Å². The molecule has 0 unspecified atom stereocenters. The highest BCUT2D eigenvalue weighted by Crippen LogP contribution is 2.55. The van der Waals surface area contributed by atoms with Crippen LogP contribution in [0.5, 0.6) is 0 Å². The Labute approximate surface area is 263 Å². The molecule has 12 heteroatoms. The van der Waals surface area contributed by atoms with Crippen LogP contribution in [-0.4, -0.2) is 58.2 Å². The second-order valence-electron chi connectivity index (χ2n) is 9.14. The van der Waals surface area contributed by atoms with Gasteiger partial charge in [-0.1, -0.05) is 54.6 Å². The Balaban J connectivity index is 1.40. The van der Waals surface area contributed by atoms with Crippen LogP contribution in [0.25, 0.3) is 0 Å². The molecule has 4 rings (SSSR count). The van der Waals surface area contributed by atoms with Gasteiger partial charge in [0.05, 0.1) is 12.3 Å². The van der Waals surface area contributed by atoms with E-state index in [0.717, 1.165) is 0 Å². The van der Waals surface area contributed by atoms with Gasteiger partial charge in [-0.05, 0) is 73.8 Å². The number of hydrogen-bond donors (Lipinski definition) is 4. The summed E-state index contributed by atoms with van der Waals surface area (Å²) in [5, 5.41) is 19.2. The van der Waals surface area contributed by atoms with Gasteiger partial charge in [0.1, 0.15) is 23.2 Å². The second-order valence-corrected chi connectivity index (χ2v) is 13.4. The van der Waals surface area contributed by atoms with Gasteiger partial charge in [0.15, 0.2) is 28.1 Å². The molecule has 43 heavy (non-hydrogen) atoms. The molecule has 1 heterocycles. The van der Waals surface area contributed by atoms with Crippen molar-refractivity contribution in [2.45, 2.75) is 6.92 Å². The number of benzene rings is 3. The van der Waals surface area contributed by atoms with Gasteiger partial charge in [-0.2, -0.15) is 10.2 Å². The molecule has 0 spiro atoms. The average molecular weight is 630 g/mol. The molecule has 0 amide bonds. The van der Waals surface area contributed by atoms with Gasteiger partial charge in [0.25, 0.3) is 0 Å². The first kappa shape index (κ1) is 31.8. The zero-order valence-corrected chi connectivity index (χ0v) is 26.5. The maximum Gasteiger partial charge on any atom is 0.187 e. The molecule has 4 N–H and O–H groups in total. The number of thiocarbonyl (C=S) groups is 2. The fourth-order valence-corrected chi connectivity index (χ4v) is 8.24. The minimum absolute atomic E-state index is 0.352. The van der Waals surface area contributed by atoms with Gasteiger partial charge in [0, 0.05) is 26.0 Å². The van der Waals surface area contributed by atoms with Crippen LogP contribution in [0.3, 0.4) is 0 Å². The number of ether oxygens (including phenoxy) is 1. The summed E-state index contributed by atoms with van der Waals surface area (Å²) < 4.78 is 6.40. The molecule has 0 saturated heterocycles. The molecule has 0 atom stereocenters. The Morgan fingerprint density at radius 3 is 1.77 bits per heavy atom. The van der Waals surface area contributed by atoms with Crippen molar-refractivity contribution >= 4 is 69.3 Å². The highest BCUT2D eigenvalue weighted by atomic mass is 32.1. The zero-order chi connectivity index (χ0) is 30.3. The first-order valence-electron chi connectivity index (χ1n) is 13.6. The summed E-state index contributed by atoms with van der Waals surface area (Å²) in [4.78, 5) is 8.54. The molecule has 220 valence electrons. The molecular formula is C31H34N8OPS2+. The van der Waals surface area contributed by atoms with Gasteiger partial charge in [-0.3, -0.25) is 10.9 Å². The highest BCUT2D eigenvalue weighted by Gasteiger charge is 2.45. The van der Waals surface area contributed by atoms with Gasteiger partial charge < -0.3 is 15.4 Å². The summed E-state index contributed by atoms with van der Waals surface area (Å²) in [7, 11) is -0.364. The predicted octanol–water partition coefficient (Wildman–Crippen LogP) is 3.08. The monoisotopic (exact) mass is 629 g/mol. The molecule has 0 radical (unpaired) electrons. The Morgan fingerprint density at radius 2 is 1.26 bits per heavy atom. The number of aromatic nitrogens is 2. The van der Waals surface area contributed by atoms with E-state index in [4.69, 9.17) is 29.2 Å². The average Bonchev–Trinajstić information content (AvgIpc) is 3.07. The predicted molar refractivity (Wildman–Crippen MR) is 186 cm³/mol.